The van der Waals surface area contributed by atoms with Gasteiger partial charge in [0.2, 0.25) is 0 Å². The summed E-state index contributed by atoms with van der Waals surface area (Å²) in [5.74, 6) is 0. The predicted octanol–water partition coefficient (Wildman–Crippen LogP) is 2.87. The van der Waals surface area contributed by atoms with Crippen molar-refractivity contribution in [2.75, 3.05) is 19.6 Å². The second-order valence-corrected chi connectivity index (χ2v) is 6.45. The third-order valence-corrected chi connectivity index (χ3v) is 4.66. The van der Waals surface area contributed by atoms with Crippen molar-refractivity contribution in [1.82, 2.24) is 4.90 Å². The molecule has 2 N–H and O–H groups in total. The summed E-state index contributed by atoms with van der Waals surface area (Å²) in [6, 6.07) is 4.77. The van der Waals surface area contributed by atoms with E-state index >= 15 is 0 Å². The van der Waals surface area contributed by atoms with E-state index in [-0.39, 0.29) is 0 Å². The van der Waals surface area contributed by atoms with E-state index in [0.29, 0.717) is 11.5 Å². The fourth-order valence-corrected chi connectivity index (χ4v) is 3.24. The van der Waals surface area contributed by atoms with Crippen molar-refractivity contribution in [1.29, 1.82) is 0 Å². The van der Waals surface area contributed by atoms with Gasteiger partial charge in [-0.3, -0.25) is 4.90 Å². The van der Waals surface area contributed by atoms with Crippen molar-refractivity contribution in [3.05, 3.63) is 22.4 Å². The van der Waals surface area contributed by atoms with E-state index in [1.54, 1.807) is 0 Å². The van der Waals surface area contributed by atoms with Crippen LogP contribution in [-0.4, -0.2) is 24.5 Å². The minimum Gasteiger partial charge on any atom is -0.329 e. The Bertz CT molecular complexity index is 309. The average molecular weight is 238 g/mol. The van der Waals surface area contributed by atoms with Gasteiger partial charge in [0.1, 0.15) is 0 Å². The molecule has 0 amide bonds. The van der Waals surface area contributed by atoms with E-state index in [4.69, 9.17) is 5.73 Å². The summed E-state index contributed by atoms with van der Waals surface area (Å²) in [6.07, 6.45) is 2.57. The molecule has 1 saturated heterocycles. The van der Waals surface area contributed by atoms with E-state index in [2.05, 4.69) is 36.3 Å². The Labute approximate surface area is 102 Å². The van der Waals surface area contributed by atoms with Crippen LogP contribution in [0.15, 0.2) is 17.5 Å². The molecule has 1 aliphatic heterocycles. The molecule has 1 atom stereocenters. The fourth-order valence-electron chi connectivity index (χ4n) is 2.37. The van der Waals surface area contributed by atoms with Gasteiger partial charge >= 0.3 is 0 Å². The molecule has 1 unspecified atom stereocenters. The average Bonchev–Trinajstić information content (AvgIpc) is 2.75. The van der Waals surface area contributed by atoms with Gasteiger partial charge in [0.05, 0.1) is 6.04 Å². The minimum atomic E-state index is 0.441. The Hall–Kier alpha value is -0.380. The van der Waals surface area contributed by atoms with Gasteiger partial charge in [-0.1, -0.05) is 19.9 Å². The molecular formula is C13H22N2S. The van der Waals surface area contributed by atoms with Crippen molar-refractivity contribution in [2.45, 2.75) is 32.7 Å². The lowest BCUT2D eigenvalue weighted by molar-refractivity contribution is 0.0977. The molecule has 2 heterocycles. The Kier molecular flexibility index (Phi) is 3.67. The van der Waals surface area contributed by atoms with Gasteiger partial charge in [0, 0.05) is 11.4 Å². The quantitative estimate of drug-likeness (QED) is 0.877. The molecule has 0 spiro atoms. The molecule has 3 heteroatoms. The highest BCUT2D eigenvalue weighted by Gasteiger charge is 2.29. The monoisotopic (exact) mass is 238 g/mol. The van der Waals surface area contributed by atoms with Crippen LogP contribution in [0.3, 0.4) is 0 Å². The van der Waals surface area contributed by atoms with E-state index in [1.165, 1.54) is 30.8 Å². The highest BCUT2D eigenvalue weighted by molar-refractivity contribution is 7.10. The van der Waals surface area contributed by atoms with Crippen LogP contribution in [-0.2, 0) is 0 Å². The highest BCUT2D eigenvalue weighted by atomic mass is 32.1. The van der Waals surface area contributed by atoms with Crippen molar-refractivity contribution < 1.29 is 0 Å². The van der Waals surface area contributed by atoms with Gasteiger partial charge in [-0.15, -0.1) is 11.3 Å². The van der Waals surface area contributed by atoms with E-state index in [0.717, 1.165) is 6.54 Å². The number of piperidine rings is 1. The topological polar surface area (TPSA) is 29.3 Å². The normalized spacial score (nSPS) is 23.2. The first-order valence-electron chi connectivity index (χ1n) is 6.10. The van der Waals surface area contributed by atoms with Crippen LogP contribution in [0.1, 0.15) is 37.6 Å². The summed E-state index contributed by atoms with van der Waals surface area (Å²) >= 11 is 1.83. The summed E-state index contributed by atoms with van der Waals surface area (Å²) in [5.41, 5.74) is 6.45. The lowest BCUT2D eigenvalue weighted by Crippen LogP contribution is -2.41. The molecule has 0 radical (unpaired) electrons. The number of nitrogens with two attached hydrogens (primary N) is 1. The summed E-state index contributed by atoms with van der Waals surface area (Å²) in [6.45, 7) is 7.85. The third kappa shape index (κ3) is 2.65. The van der Waals surface area contributed by atoms with Gasteiger partial charge in [0.25, 0.3) is 0 Å². The molecule has 16 heavy (non-hydrogen) atoms. The van der Waals surface area contributed by atoms with E-state index in [1.807, 2.05) is 11.3 Å². The molecule has 1 aliphatic rings. The van der Waals surface area contributed by atoms with Gasteiger partial charge in [-0.05, 0) is 42.8 Å². The van der Waals surface area contributed by atoms with Gasteiger partial charge < -0.3 is 5.73 Å². The Morgan fingerprint density at radius 3 is 2.62 bits per heavy atom. The Balaban J connectivity index is 2.02. The second kappa shape index (κ2) is 4.86. The van der Waals surface area contributed by atoms with Crippen LogP contribution < -0.4 is 5.73 Å². The second-order valence-electron chi connectivity index (χ2n) is 5.47. The van der Waals surface area contributed by atoms with Gasteiger partial charge in [0.15, 0.2) is 0 Å². The van der Waals surface area contributed by atoms with Crippen LogP contribution in [0.2, 0.25) is 0 Å². The van der Waals surface area contributed by atoms with Crippen LogP contribution in [0.5, 0.6) is 0 Å². The molecule has 1 fully saturated rings. The summed E-state index contributed by atoms with van der Waals surface area (Å²) in [5, 5.41) is 2.14. The molecular weight excluding hydrogens is 216 g/mol. The predicted molar refractivity (Wildman–Crippen MR) is 70.7 cm³/mol. The zero-order valence-corrected chi connectivity index (χ0v) is 11.1. The van der Waals surface area contributed by atoms with Crippen LogP contribution in [0.25, 0.3) is 0 Å². The maximum absolute atomic E-state index is 5.93. The number of thiophene rings is 1. The first-order valence-corrected chi connectivity index (χ1v) is 6.98. The lowest BCUT2D eigenvalue weighted by atomic mass is 9.82. The van der Waals surface area contributed by atoms with Gasteiger partial charge in [-0.25, -0.2) is 0 Å². The lowest BCUT2D eigenvalue weighted by Gasteiger charge is -2.40. The zero-order valence-electron chi connectivity index (χ0n) is 10.3. The molecule has 2 nitrogen and oxygen atoms in total. The van der Waals surface area contributed by atoms with Crippen LogP contribution in [0.4, 0.5) is 0 Å². The number of likely N-dealkylation sites (tertiary alicyclic amines) is 1. The van der Waals surface area contributed by atoms with Crippen molar-refractivity contribution in [3.8, 4) is 0 Å². The maximum atomic E-state index is 5.93. The van der Waals surface area contributed by atoms with Crippen molar-refractivity contribution >= 4 is 11.3 Å². The first kappa shape index (κ1) is 12.1. The third-order valence-electron chi connectivity index (χ3n) is 3.69. The SMILES string of the molecule is CC1(C)CCN(C(CN)c2cccs2)CC1. The largest absolute Gasteiger partial charge is 0.329 e. The number of hydrogen-bond acceptors (Lipinski definition) is 3. The smallest absolute Gasteiger partial charge is 0.0564 e. The van der Waals surface area contributed by atoms with Crippen molar-refractivity contribution in [2.24, 2.45) is 11.1 Å². The van der Waals surface area contributed by atoms with E-state index < -0.39 is 0 Å². The fraction of sp³-hybridized carbons (Fsp3) is 0.692. The van der Waals surface area contributed by atoms with Crippen LogP contribution in [0, 0.1) is 5.41 Å². The molecule has 0 aromatic carbocycles. The van der Waals surface area contributed by atoms with Crippen LogP contribution >= 0.6 is 11.3 Å². The van der Waals surface area contributed by atoms with Crippen molar-refractivity contribution in [3.63, 3.8) is 0 Å². The molecule has 2 rings (SSSR count). The molecule has 0 aliphatic carbocycles. The first-order chi connectivity index (χ1) is 7.62. The molecule has 0 bridgehead atoms. The summed E-state index contributed by atoms with van der Waals surface area (Å²) in [4.78, 5) is 3.97. The highest BCUT2D eigenvalue weighted by Crippen LogP contribution is 2.34. The molecule has 90 valence electrons. The minimum absolute atomic E-state index is 0.441. The number of nitrogens with zero attached hydrogens (tertiary/aromatic N) is 1. The summed E-state index contributed by atoms with van der Waals surface area (Å²) < 4.78 is 0. The number of rotatable bonds is 3. The Morgan fingerprint density at radius 2 is 2.12 bits per heavy atom. The Morgan fingerprint density at radius 1 is 1.44 bits per heavy atom. The van der Waals surface area contributed by atoms with Gasteiger partial charge in [-0.2, -0.15) is 0 Å². The summed E-state index contributed by atoms with van der Waals surface area (Å²) in [7, 11) is 0. The zero-order chi connectivity index (χ0) is 11.6. The maximum Gasteiger partial charge on any atom is 0.0564 e. The molecule has 0 saturated carbocycles. The molecule has 1 aromatic rings. The number of hydrogen-bond donors (Lipinski definition) is 1. The molecule has 1 aromatic heterocycles. The standard InChI is InChI=1S/C13H22N2S/c1-13(2)5-7-15(8-6-13)11(10-14)12-4-3-9-16-12/h3-4,9,11H,5-8,10,14H2,1-2H3. The van der Waals surface area contributed by atoms with E-state index in [9.17, 15) is 0 Å².